The second kappa shape index (κ2) is 11.6. The third kappa shape index (κ3) is 7.46. The number of aliphatic carboxylic acids is 1. The molecule has 0 bridgehead atoms. The Hall–Kier alpha value is -2.15. The summed E-state index contributed by atoms with van der Waals surface area (Å²) in [5.74, 6) is -0.804. The van der Waals surface area contributed by atoms with Crippen LogP contribution in [0.5, 0.6) is 0 Å². The molecular formula is C21H30N2O4S. The lowest BCUT2D eigenvalue weighted by Gasteiger charge is -2.12. The molecule has 2 rings (SSSR count). The Bertz CT molecular complexity index is 707. The molecule has 154 valence electrons. The zero-order valence-electron chi connectivity index (χ0n) is 16.2. The molecule has 1 aliphatic carbocycles. The molecule has 0 spiro atoms. The van der Waals surface area contributed by atoms with Crippen molar-refractivity contribution < 1.29 is 18.9 Å². The molecule has 1 aliphatic rings. The molecule has 0 aliphatic heterocycles. The molecule has 0 saturated heterocycles. The van der Waals surface area contributed by atoms with Gasteiger partial charge in [-0.2, -0.15) is 0 Å². The number of rotatable bonds is 14. The maximum absolute atomic E-state index is 12.6. The summed E-state index contributed by atoms with van der Waals surface area (Å²) in [6.07, 6.45) is 8.67. The van der Waals surface area contributed by atoms with Gasteiger partial charge in [-0.05, 0) is 37.3 Å². The van der Waals surface area contributed by atoms with Crippen LogP contribution < -0.4 is 10.0 Å². The average Bonchev–Trinajstić information content (AvgIpc) is 3.47. The van der Waals surface area contributed by atoms with Gasteiger partial charge in [-0.3, -0.25) is 14.3 Å². The Morgan fingerprint density at radius 2 is 1.82 bits per heavy atom. The molecule has 1 aromatic rings. The molecule has 0 radical (unpaired) electrons. The summed E-state index contributed by atoms with van der Waals surface area (Å²) in [5.41, 5.74) is 0.777. The number of carbonyl (C=O) groups is 2. The number of nitrogens with one attached hydrogen (secondary N) is 2. The Balaban J connectivity index is 1.68. The summed E-state index contributed by atoms with van der Waals surface area (Å²) in [7, 11) is -1.58. The SMILES string of the molecule is C=C[C@@H]1C[C@@H]1C(=O)NS(=O)c1ccccc1NCCCCCCCCC(=O)O. The van der Waals surface area contributed by atoms with E-state index in [1.54, 1.807) is 12.1 Å². The van der Waals surface area contributed by atoms with Crippen LogP contribution in [-0.4, -0.2) is 27.7 Å². The van der Waals surface area contributed by atoms with Gasteiger partial charge in [0.2, 0.25) is 5.91 Å². The molecule has 3 atom stereocenters. The number of para-hydroxylation sites is 1. The number of carboxylic acids is 1. The van der Waals surface area contributed by atoms with E-state index in [9.17, 15) is 13.8 Å². The van der Waals surface area contributed by atoms with Crippen molar-refractivity contribution in [3.8, 4) is 0 Å². The topological polar surface area (TPSA) is 95.5 Å². The molecule has 3 N–H and O–H groups in total. The summed E-state index contributed by atoms with van der Waals surface area (Å²) in [6.45, 7) is 4.46. The molecule has 1 saturated carbocycles. The van der Waals surface area contributed by atoms with E-state index in [4.69, 9.17) is 5.11 Å². The average molecular weight is 407 g/mol. The lowest BCUT2D eigenvalue weighted by molar-refractivity contribution is -0.137. The van der Waals surface area contributed by atoms with E-state index >= 15 is 0 Å². The van der Waals surface area contributed by atoms with Gasteiger partial charge in [0.25, 0.3) is 0 Å². The van der Waals surface area contributed by atoms with Gasteiger partial charge in [0.05, 0.1) is 10.6 Å². The van der Waals surface area contributed by atoms with Crippen molar-refractivity contribution in [2.75, 3.05) is 11.9 Å². The number of allylic oxidation sites excluding steroid dienone is 1. The van der Waals surface area contributed by atoms with Gasteiger partial charge in [-0.15, -0.1) is 6.58 Å². The molecule has 1 amide bonds. The fourth-order valence-corrected chi connectivity index (χ4v) is 4.09. The van der Waals surface area contributed by atoms with Crippen LogP contribution >= 0.6 is 0 Å². The molecule has 1 aromatic carbocycles. The largest absolute Gasteiger partial charge is 0.481 e. The minimum Gasteiger partial charge on any atom is -0.481 e. The highest BCUT2D eigenvalue weighted by Gasteiger charge is 2.41. The summed E-state index contributed by atoms with van der Waals surface area (Å²) >= 11 is 0. The number of amides is 1. The van der Waals surface area contributed by atoms with E-state index in [0.717, 1.165) is 57.2 Å². The van der Waals surface area contributed by atoms with Crippen LogP contribution in [0, 0.1) is 11.8 Å². The highest BCUT2D eigenvalue weighted by Crippen LogP contribution is 2.39. The summed E-state index contributed by atoms with van der Waals surface area (Å²) in [6, 6.07) is 7.32. The quantitative estimate of drug-likeness (QED) is 0.322. The van der Waals surface area contributed by atoms with Crippen LogP contribution in [0.15, 0.2) is 41.8 Å². The van der Waals surface area contributed by atoms with E-state index < -0.39 is 17.0 Å². The highest BCUT2D eigenvalue weighted by atomic mass is 32.2. The summed E-state index contributed by atoms with van der Waals surface area (Å²) in [5, 5.41) is 11.9. The lowest BCUT2D eigenvalue weighted by Crippen LogP contribution is -2.28. The first-order valence-corrected chi connectivity index (χ1v) is 11.1. The zero-order chi connectivity index (χ0) is 20.4. The van der Waals surface area contributed by atoms with E-state index in [1.165, 1.54) is 0 Å². The van der Waals surface area contributed by atoms with Crippen molar-refractivity contribution in [2.45, 2.75) is 56.3 Å². The highest BCUT2D eigenvalue weighted by molar-refractivity contribution is 7.83. The maximum Gasteiger partial charge on any atom is 0.303 e. The normalized spacial score (nSPS) is 18.9. The molecule has 0 aromatic heterocycles. The van der Waals surface area contributed by atoms with Crippen LogP contribution in [0.2, 0.25) is 0 Å². The lowest BCUT2D eigenvalue weighted by atomic mass is 10.1. The Morgan fingerprint density at radius 3 is 2.50 bits per heavy atom. The maximum atomic E-state index is 12.6. The first-order valence-electron chi connectivity index (χ1n) is 9.92. The van der Waals surface area contributed by atoms with E-state index in [0.29, 0.717) is 4.90 Å². The van der Waals surface area contributed by atoms with E-state index in [2.05, 4.69) is 16.6 Å². The number of carboxylic acid groups (broad SMARTS) is 1. The second-order valence-corrected chi connectivity index (χ2v) is 8.35. The van der Waals surface area contributed by atoms with Crippen LogP contribution in [0.4, 0.5) is 5.69 Å². The fraction of sp³-hybridized carbons (Fsp3) is 0.524. The predicted octanol–water partition coefficient (Wildman–Crippen LogP) is 3.87. The van der Waals surface area contributed by atoms with Crippen molar-refractivity contribution in [3.05, 3.63) is 36.9 Å². The standard InChI is InChI=1S/C21H30N2O4S/c1-2-16-15-17(16)21(26)23-28(27)19-12-9-8-11-18(19)22-14-10-6-4-3-5-7-13-20(24)25/h2,8-9,11-12,16-17,22H,1,3-7,10,13-15H2,(H,23,26)(H,24,25)/t16-,17+,28?/m1/s1. The van der Waals surface area contributed by atoms with Crippen LogP contribution in [-0.2, 0) is 20.6 Å². The third-order valence-electron chi connectivity index (χ3n) is 4.89. The number of benzene rings is 1. The van der Waals surface area contributed by atoms with Gasteiger partial charge in [0.1, 0.15) is 0 Å². The smallest absolute Gasteiger partial charge is 0.303 e. The number of unbranched alkanes of at least 4 members (excludes halogenated alkanes) is 5. The van der Waals surface area contributed by atoms with Crippen molar-refractivity contribution in [1.82, 2.24) is 4.72 Å². The molecule has 7 heteroatoms. The first kappa shape index (κ1) is 22.1. The number of hydrogen-bond donors (Lipinski definition) is 3. The molecule has 1 unspecified atom stereocenters. The van der Waals surface area contributed by atoms with Gasteiger partial charge in [0.15, 0.2) is 11.0 Å². The van der Waals surface area contributed by atoms with Gasteiger partial charge in [-0.25, -0.2) is 4.21 Å². The summed E-state index contributed by atoms with van der Waals surface area (Å²) < 4.78 is 15.2. The second-order valence-electron chi connectivity index (χ2n) is 7.16. The van der Waals surface area contributed by atoms with Gasteiger partial charge >= 0.3 is 5.97 Å². The molecule has 28 heavy (non-hydrogen) atoms. The van der Waals surface area contributed by atoms with Crippen molar-refractivity contribution >= 4 is 28.5 Å². The van der Waals surface area contributed by atoms with E-state index in [-0.39, 0.29) is 24.2 Å². The van der Waals surface area contributed by atoms with Crippen molar-refractivity contribution in [3.63, 3.8) is 0 Å². The zero-order valence-corrected chi connectivity index (χ0v) is 17.0. The minimum atomic E-state index is -1.58. The Labute approximate surface area is 169 Å². The van der Waals surface area contributed by atoms with Crippen molar-refractivity contribution in [2.24, 2.45) is 11.8 Å². The molecule has 6 nitrogen and oxygen atoms in total. The predicted molar refractivity (Wildman–Crippen MR) is 111 cm³/mol. The van der Waals surface area contributed by atoms with Gasteiger partial charge in [-0.1, -0.05) is 43.9 Å². The van der Waals surface area contributed by atoms with Gasteiger partial charge < -0.3 is 10.4 Å². The number of carbonyl (C=O) groups excluding carboxylic acids is 1. The Kier molecular flexibility index (Phi) is 9.20. The number of hydrogen-bond acceptors (Lipinski definition) is 4. The van der Waals surface area contributed by atoms with Gasteiger partial charge in [0, 0.05) is 18.9 Å². The monoisotopic (exact) mass is 406 g/mol. The van der Waals surface area contributed by atoms with E-state index in [1.807, 2.05) is 18.2 Å². The minimum absolute atomic E-state index is 0.0999. The Morgan fingerprint density at radius 1 is 1.14 bits per heavy atom. The van der Waals surface area contributed by atoms with Crippen LogP contribution in [0.25, 0.3) is 0 Å². The fourth-order valence-electron chi connectivity index (χ4n) is 3.10. The molecular weight excluding hydrogens is 376 g/mol. The third-order valence-corrected chi connectivity index (χ3v) is 6.03. The van der Waals surface area contributed by atoms with Crippen LogP contribution in [0.1, 0.15) is 51.4 Å². The van der Waals surface area contributed by atoms with Crippen molar-refractivity contribution in [1.29, 1.82) is 0 Å². The molecule has 0 heterocycles. The number of anilines is 1. The summed E-state index contributed by atoms with van der Waals surface area (Å²) in [4.78, 5) is 23.1. The van der Waals surface area contributed by atoms with Crippen LogP contribution in [0.3, 0.4) is 0 Å². The molecule has 1 fully saturated rings. The first-order chi connectivity index (χ1) is 13.5.